The molecule has 0 aliphatic rings. The lowest BCUT2D eigenvalue weighted by atomic mass is 10.3. The highest BCUT2D eigenvalue weighted by Gasteiger charge is 2.00. The fourth-order valence-electron chi connectivity index (χ4n) is 2.50. The first-order chi connectivity index (χ1) is 15.6. The van der Waals surface area contributed by atoms with E-state index in [2.05, 4.69) is 20.5 Å². The second kappa shape index (κ2) is 10.6. The molecule has 0 bridgehead atoms. The minimum Gasteiger partial charge on any atom is -0.508 e. The first-order valence-corrected chi connectivity index (χ1v) is 11.8. The Morgan fingerprint density at radius 3 is 0.906 bits per heavy atom. The molecule has 0 saturated heterocycles. The van der Waals surface area contributed by atoms with Crippen molar-refractivity contribution in [2.45, 2.75) is 9.79 Å². The van der Waals surface area contributed by atoms with Crippen LogP contribution in [0.3, 0.4) is 0 Å². The highest BCUT2D eigenvalue weighted by atomic mass is 33.1. The molecule has 4 aromatic rings. The molecule has 0 unspecified atom stereocenters. The van der Waals surface area contributed by atoms with Crippen molar-refractivity contribution in [1.29, 1.82) is 0 Å². The highest BCUT2D eigenvalue weighted by molar-refractivity contribution is 8.76. The lowest BCUT2D eigenvalue weighted by Crippen LogP contribution is -1.71. The molecule has 0 saturated carbocycles. The quantitative estimate of drug-likeness (QED) is 0.214. The number of nitrogens with zero attached hydrogens (tertiary/aromatic N) is 4. The van der Waals surface area contributed by atoms with Gasteiger partial charge in [-0.2, -0.15) is 20.5 Å². The predicted molar refractivity (Wildman–Crippen MR) is 129 cm³/mol. The van der Waals surface area contributed by atoms with Gasteiger partial charge in [-0.25, -0.2) is 0 Å². The molecule has 8 heteroatoms. The van der Waals surface area contributed by atoms with Crippen LogP contribution in [-0.4, -0.2) is 10.2 Å². The largest absolute Gasteiger partial charge is 0.508 e. The van der Waals surface area contributed by atoms with E-state index in [1.54, 1.807) is 70.1 Å². The molecule has 158 valence electrons. The van der Waals surface area contributed by atoms with Gasteiger partial charge in [-0.05, 0) is 97.1 Å². The molecule has 0 aliphatic heterocycles. The molecule has 0 spiro atoms. The minimum atomic E-state index is 0.205. The summed E-state index contributed by atoms with van der Waals surface area (Å²) >= 11 is 0. The standard InChI is InChI=1S/C24H18N4O2S2/c29-21-9-1-17(2-10-21)25-27-19-5-13-23(14-6-19)31-32-24-15-7-20(8-16-24)28-26-18-3-11-22(30)12-4-18/h1-16,29-30H/b27-25+,28-26+. The Morgan fingerprint density at radius 1 is 0.375 bits per heavy atom. The Bertz CT molecular complexity index is 1110. The third-order valence-electron chi connectivity index (χ3n) is 4.17. The number of benzene rings is 4. The van der Waals surface area contributed by atoms with Crippen LogP contribution in [0.1, 0.15) is 0 Å². The van der Waals surface area contributed by atoms with E-state index in [0.29, 0.717) is 11.4 Å². The summed E-state index contributed by atoms with van der Waals surface area (Å²) in [5, 5.41) is 35.4. The summed E-state index contributed by atoms with van der Waals surface area (Å²) in [5.41, 5.74) is 2.89. The number of hydrogen-bond donors (Lipinski definition) is 2. The van der Waals surface area contributed by atoms with Gasteiger partial charge in [-0.1, -0.05) is 21.6 Å². The van der Waals surface area contributed by atoms with Crippen LogP contribution in [0.2, 0.25) is 0 Å². The zero-order valence-electron chi connectivity index (χ0n) is 16.7. The lowest BCUT2D eigenvalue weighted by molar-refractivity contribution is 0.475. The van der Waals surface area contributed by atoms with Crippen molar-refractivity contribution in [1.82, 2.24) is 0 Å². The van der Waals surface area contributed by atoms with Crippen molar-refractivity contribution in [3.63, 3.8) is 0 Å². The SMILES string of the molecule is Oc1ccc(/N=N/c2ccc(SSc3ccc(/N=N/c4ccc(O)cc4)cc3)cc2)cc1. The van der Waals surface area contributed by atoms with Gasteiger partial charge in [0.25, 0.3) is 0 Å². The molecule has 6 nitrogen and oxygen atoms in total. The molecule has 0 fully saturated rings. The van der Waals surface area contributed by atoms with Gasteiger partial charge in [0.05, 0.1) is 22.7 Å². The molecule has 0 amide bonds. The maximum Gasteiger partial charge on any atom is 0.115 e. The number of phenols is 2. The van der Waals surface area contributed by atoms with Crippen molar-refractivity contribution >= 4 is 44.3 Å². The fourth-order valence-corrected chi connectivity index (χ4v) is 4.43. The van der Waals surface area contributed by atoms with Crippen LogP contribution in [0.15, 0.2) is 127 Å². The van der Waals surface area contributed by atoms with Crippen LogP contribution >= 0.6 is 21.6 Å². The molecule has 4 aromatic carbocycles. The molecular formula is C24H18N4O2S2. The number of azo groups is 2. The summed E-state index contributed by atoms with van der Waals surface area (Å²) in [6, 6.07) is 28.8. The van der Waals surface area contributed by atoms with Gasteiger partial charge in [0.15, 0.2) is 0 Å². The first kappa shape index (κ1) is 21.6. The second-order valence-electron chi connectivity index (χ2n) is 6.59. The highest BCUT2D eigenvalue weighted by Crippen LogP contribution is 2.38. The Labute approximate surface area is 193 Å². The smallest absolute Gasteiger partial charge is 0.115 e. The van der Waals surface area contributed by atoms with Crippen molar-refractivity contribution in [2.24, 2.45) is 20.5 Å². The normalized spacial score (nSPS) is 11.4. The fraction of sp³-hybridized carbons (Fsp3) is 0. The molecule has 0 heterocycles. The number of rotatable bonds is 7. The predicted octanol–water partition coefficient (Wildman–Crippen LogP) is 8.73. The summed E-state index contributed by atoms with van der Waals surface area (Å²) in [6.07, 6.45) is 0. The topological polar surface area (TPSA) is 89.9 Å². The van der Waals surface area contributed by atoms with E-state index in [0.717, 1.165) is 21.2 Å². The summed E-state index contributed by atoms with van der Waals surface area (Å²) < 4.78 is 0. The van der Waals surface area contributed by atoms with E-state index in [1.807, 2.05) is 48.5 Å². The van der Waals surface area contributed by atoms with Crippen LogP contribution in [0.5, 0.6) is 11.5 Å². The zero-order valence-corrected chi connectivity index (χ0v) is 18.4. The third kappa shape index (κ3) is 6.44. The van der Waals surface area contributed by atoms with Gasteiger partial charge in [-0.15, -0.1) is 0 Å². The molecule has 0 aromatic heterocycles. The van der Waals surface area contributed by atoms with Gasteiger partial charge in [0.1, 0.15) is 11.5 Å². The minimum absolute atomic E-state index is 0.205. The van der Waals surface area contributed by atoms with Crippen LogP contribution in [0.25, 0.3) is 0 Å². The number of hydrogen-bond acceptors (Lipinski definition) is 8. The summed E-state index contributed by atoms with van der Waals surface area (Å²) in [6.45, 7) is 0. The van der Waals surface area contributed by atoms with Crippen molar-refractivity contribution in [2.75, 3.05) is 0 Å². The molecular weight excluding hydrogens is 440 g/mol. The van der Waals surface area contributed by atoms with E-state index < -0.39 is 0 Å². The van der Waals surface area contributed by atoms with E-state index in [1.165, 1.54) is 0 Å². The third-order valence-corrected chi connectivity index (χ3v) is 6.59. The molecule has 0 aliphatic carbocycles. The summed E-state index contributed by atoms with van der Waals surface area (Å²) in [4.78, 5) is 2.21. The van der Waals surface area contributed by atoms with Gasteiger partial charge in [0, 0.05) is 9.79 Å². The average Bonchev–Trinajstić information content (AvgIpc) is 2.83. The van der Waals surface area contributed by atoms with E-state index in [4.69, 9.17) is 0 Å². The van der Waals surface area contributed by atoms with Crippen LogP contribution in [0, 0.1) is 0 Å². The molecule has 0 radical (unpaired) electrons. The second-order valence-corrected chi connectivity index (χ2v) is 8.86. The van der Waals surface area contributed by atoms with Crippen LogP contribution in [-0.2, 0) is 0 Å². The number of aromatic hydroxyl groups is 2. The van der Waals surface area contributed by atoms with Gasteiger partial charge in [-0.3, -0.25) is 0 Å². The monoisotopic (exact) mass is 458 g/mol. The van der Waals surface area contributed by atoms with E-state index in [-0.39, 0.29) is 11.5 Å². The zero-order chi connectivity index (χ0) is 22.2. The maximum atomic E-state index is 9.30. The van der Waals surface area contributed by atoms with Gasteiger partial charge < -0.3 is 10.2 Å². The average molecular weight is 459 g/mol. The van der Waals surface area contributed by atoms with Gasteiger partial charge >= 0.3 is 0 Å². The van der Waals surface area contributed by atoms with Crippen molar-refractivity contribution < 1.29 is 10.2 Å². The van der Waals surface area contributed by atoms with Crippen LogP contribution < -0.4 is 0 Å². The molecule has 0 atom stereocenters. The lowest BCUT2D eigenvalue weighted by Gasteiger charge is -2.02. The Morgan fingerprint density at radius 2 is 0.625 bits per heavy atom. The Balaban J connectivity index is 1.29. The van der Waals surface area contributed by atoms with Crippen molar-refractivity contribution in [3.05, 3.63) is 97.1 Å². The van der Waals surface area contributed by atoms with Gasteiger partial charge in [0.2, 0.25) is 0 Å². The molecule has 4 rings (SSSR count). The Hall–Kier alpha value is -3.62. The summed E-state index contributed by atoms with van der Waals surface area (Å²) in [7, 11) is 3.31. The molecule has 2 N–H and O–H groups in total. The number of phenolic OH excluding ortho intramolecular Hbond substituents is 2. The van der Waals surface area contributed by atoms with Crippen molar-refractivity contribution in [3.8, 4) is 11.5 Å². The summed E-state index contributed by atoms with van der Waals surface area (Å²) in [5.74, 6) is 0.409. The molecule has 32 heavy (non-hydrogen) atoms. The Kier molecular flexibility index (Phi) is 7.16. The van der Waals surface area contributed by atoms with E-state index >= 15 is 0 Å². The first-order valence-electron chi connectivity index (χ1n) is 9.60. The maximum absolute atomic E-state index is 9.30. The van der Waals surface area contributed by atoms with Crippen LogP contribution in [0.4, 0.5) is 22.7 Å². The van der Waals surface area contributed by atoms with E-state index in [9.17, 15) is 10.2 Å².